The van der Waals surface area contributed by atoms with E-state index in [9.17, 15) is 0 Å². The zero-order valence-corrected chi connectivity index (χ0v) is 10.4. The van der Waals surface area contributed by atoms with Crippen LogP contribution in [0, 0.1) is 18.3 Å². The van der Waals surface area contributed by atoms with Gasteiger partial charge in [0.25, 0.3) is 0 Å². The van der Waals surface area contributed by atoms with Crippen LogP contribution in [0.2, 0.25) is 5.02 Å². The molecule has 0 atom stereocenters. The van der Waals surface area contributed by atoms with Crippen LogP contribution in [0.1, 0.15) is 11.3 Å². The lowest BCUT2D eigenvalue weighted by Gasteiger charge is -2.08. The van der Waals surface area contributed by atoms with Crippen LogP contribution in [-0.2, 0) is 0 Å². The van der Waals surface area contributed by atoms with Crippen LogP contribution < -0.4 is 11.1 Å². The van der Waals surface area contributed by atoms with Crippen molar-refractivity contribution in [2.24, 2.45) is 0 Å². The summed E-state index contributed by atoms with van der Waals surface area (Å²) in [6.45, 7) is 1.81. The zero-order chi connectivity index (χ0) is 13.1. The van der Waals surface area contributed by atoms with Gasteiger partial charge in [-0.15, -0.1) is 0 Å². The maximum atomic E-state index is 9.01. The Kier molecular flexibility index (Phi) is 3.31. The van der Waals surface area contributed by atoms with E-state index in [1.807, 2.05) is 6.92 Å². The second kappa shape index (κ2) is 4.90. The average Bonchev–Trinajstić information content (AvgIpc) is 2.27. The molecule has 90 valence electrons. The molecule has 0 saturated carbocycles. The molecule has 2 rings (SSSR count). The number of aryl methyl sites for hydroxylation is 1. The van der Waals surface area contributed by atoms with Crippen LogP contribution in [0.15, 0.2) is 24.3 Å². The largest absolute Gasteiger partial charge is 0.368 e. The second-order valence-corrected chi connectivity index (χ2v) is 4.12. The molecule has 3 N–H and O–H groups in total. The standard InChI is InChI=1S/C12H10ClN5/c1-7-4-11(18-12(15)16-7)17-10-5-9(13)3-2-8(10)6-14/h2-5H,1H3,(H3,15,16,17,18). The lowest BCUT2D eigenvalue weighted by molar-refractivity contribution is 1.12. The van der Waals surface area contributed by atoms with Gasteiger partial charge in [-0.2, -0.15) is 10.2 Å². The Balaban J connectivity index is 2.39. The Hall–Kier alpha value is -2.32. The van der Waals surface area contributed by atoms with E-state index in [-0.39, 0.29) is 5.95 Å². The third-order valence-corrected chi connectivity index (χ3v) is 2.47. The summed E-state index contributed by atoms with van der Waals surface area (Å²) < 4.78 is 0. The Labute approximate surface area is 109 Å². The number of nitriles is 1. The lowest BCUT2D eigenvalue weighted by Crippen LogP contribution is -2.02. The molecule has 0 amide bonds. The number of nitrogens with two attached hydrogens (primary N) is 1. The van der Waals surface area contributed by atoms with Gasteiger partial charge in [-0.3, -0.25) is 0 Å². The molecule has 0 spiro atoms. The maximum absolute atomic E-state index is 9.01. The van der Waals surface area contributed by atoms with Gasteiger partial charge in [0.1, 0.15) is 11.9 Å². The maximum Gasteiger partial charge on any atom is 0.222 e. The van der Waals surface area contributed by atoms with E-state index in [1.54, 1.807) is 24.3 Å². The van der Waals surface area contributed by atoms with Crippen LogP contribution in [0.3, 0.4) is 0 Å². The number of halogens is 1. The third-order valence-electron chi connectivity index (χ3n) is 2.24. The van der Waals surface area contributed by atoms with Crippen molar-refractivity contribution < 1.29 is 0 Å². The highest BCUT2D eigenvalue weighted by Crippen LogP contribution is 2.23. The molecule has 0 fully saturated rings. The van der Waals surface area contributed by atoms with Gasteiger partial charge >= 0.3 is 0 Å². The molecule has 1 aromatic carbocycles. The van der Waals surface area contributed by atoms with Crippen molar-refractivity contribution in [1.29, 1.82) is 5.26 Å². The fourth-order valence-electron chi connectivity index (χ4n) is 1.51. The number of nitrogens with one attached hydrogen (secondary N) is 1. The van der Waals surface area contributed by atoms with Crippen molar-refractivity contribution in [3.63, 3.8) is 0 Å². The highest BCUT2D eigenvalue weighted by molar-refractivity contribution is 6.30. The fourth-order valence-corrected chi connectivity index (χ4v) is 1.68. The molecule has 5 nitrogen and oxygen atoms in total. The third kappa shape index (κ3) is 2.67. The highest BCUT2D eigenvalue weighted by Gasteiger charge is 2.05. The van der Waals surface area contributed by atoms with Gasteiger partial charge in [-0.1, -0.05) is 11.6 Å². The molecule has 2 aromatic rings. The van der Waals surface area contributed by atoms with Gasteiger partial charge in [0.05, 0.1) is 11.3 Å². The van der Waals surface area contributed by atoms with E-state index in [0.29, 0.717) is 22.1 Å². The number of hydrogen-bond donors (Lipinski definition) is 2. The minimum atomic E-state index is 0.179. The molecule has 0 aliphatic heterocycles. The number of benzene rings is 1. The molecular formula is C12H10ClN5. The smallest absolute Gasteiger partial charge is 0.222 e. The van der Waals surface area contributed by atoms with Gasteiger partial charge in [-0.05, 0) is 25.1 Å². The Bertz CT molecular complexity index is 613. The minimum Gasteiger partial charge on any atom is -0.368 e. The molecule has 0 unspecified atom stereocenters. The zero-order valence-electron chi connectivity index (χ0n) is 9.61. The SMILES string of the molecule is Cc1cc(Nc2cc(Cl)ccc2C#N)nc(N)n1. The number of hydrogen-bond acceptors (Lipinski definition) is 5. The van der Waals surface area contributed by atoms with E-state index < -0.39 is 0 Å². The summed E-state index contributed by atoms with van der Waals surface area (Å²) in [5.74, 6) is 0.705. The monoisotopic (exact) mass is 259 g/mol. The topological polar surface area (TPSA) is 87.6 Å². The summed E-state index contributed by atoms with van der Waals surface area (Å²) in [6, 6.07) is 8.77. The normalized spacial score (nSPS) is 9.83. The molecule has 6 heteroatoms. The molecule has 1 aromatic heterocycles. The summed E-state index contributed by atoms with van der Waals surface area (Å²) in [4.78, 5) is 8.01. The average molecular weight is 260 g/mol. The van der Waals surface area contributed by atoms with E-state index in [0.717, 1.165) is 5.69 Å². The van der Waals surface area contributed by atoms with Crippen molar-refractivity contribution in [3.8, 4) is 6.07 Å². The van der Waals surface area contributed by atoms with Gasteiger partial charge < -0.3 is 11.1 Å². The van der Waals surface area contributed by atoms with Crippen molar-refractivity contribution >= 4 is 29.1 Å². The van der Waals surface area contributed by atoms with Gasteiger partial charge in [-0.25, -0.2) is 4.98 Å². The van der Waals surface area contributed by atoms with E-state index in [1.165, 1.54) is 0 Å². The first-order valence-corrected chi connectivity index (χ1v) is 5.54. The Morgan fingerprint density at radius 3 is 2.78 bits per heavy atom. The van der Waals surface area contributed by atoms with Crippen molar-refractivity contribution in [1.82, 2.24) is 9.97 Å². The number of anilines is 3. The molecule has 0 aliphatic carbocycles. The molecule has 1 heterocycles. The predicted molar refractivity (Wildman–Crippen MR) is 70.6 cm³/mol. The van der Waals surface area contributed by atoms with Crippen molar-refractivity contribution in [2.75, 3.05) is 11.1 Å². The minimum absolute atomic E-state index is 0.179. The number of rotatable bonds is 2. The predicted octanol–water partition coefficient (Wildman–Crippen LogP) is 2.64. The molecule has 0 radical (unpaired) electrons. The number of nitrogen functional groups attached to an aromatic ring is 1. The molecule has 18 heavy (non-hydrogen) atoms. The molecule has 0 aliphatic rings. The second-order valence-electron chi connectivity index (χ2n) is 3.68. The molecule has 0 saturated heterocycles. The highest BCUT2D eigenvalue weighted by atomic mass is 35.5. The van der Waals surface area contributed by atoms with Gasteiger partial charge in [0.2, 0.25) is 5.95 Å². The first kappa shape index (κ1) is 12.1. The summed E-state index contributed by atoms with van der Waals surface area (Å²) >= 11 is 5.90. The molecular weight excluding hydrogens is 250 g/mol. The quantitative estimate of drug-likeness (QED) is 0.866. The van der Waals surface area contributed by atoms with Crippen LogP contribution in [-0.4, -0.2) is 9.97 Å². The van der Waals surface area contributed by atoms with Crippen molar-refractivity contribution in [3.05, 3.63) is 40.5 Å². The van der Waals surface area contributed by atoms with E-state index >= 15 is 0 Å². The first-order valence-electron chi connectivity index (χ1n) is 5.16. The van der Waals surface area contributed by atoms with Crippen molar-refractivity contribution in [2.45, 2.75) is 6.92 Å². The first-order chi connectivity index (χ1) is 8.58. The summed E-state index contributed by atoms with van der Waals surface area (Å²) in [5.41, 5.74) is 7.37. The van der Waals surface area contributed by atoms with Crippen LogP contribution in [0.5, 0.6) is 0 Å². The Morgan fingerprint density at radius 2 is 2.11 bits per heavy atom. The number of nitrogens with zero attached hydrogens (tertiary/aromatic N) is 3. The Morgan fingerprint density at radius 1 is 1.33 bits per heavy atom. The number of aromatic nitrogens is 2. The van der Waals surface area contributed by atoms with Crippen LogP contribution >= 0.6 is 11.6 Å². The van der Waals surface area contributed by atoms with Gasteiger partial charge in [0.15, 0.2) is 0 Å². The molecule has 0 bridgehead atoms. The lowest BCUT2D eigenvalue weighted by atomic mass is 10.2. The van der Waals surface area contributed by atoms with Crippen LogP contribution in [0.25, 0.3) is 0 Å². The fraction of sp³-hybridized carbons (Fsp3) is 0.0833. The van der Waals surface area contributed by atoms with Crippen LogP contribution in [0.4, 0.5) is 17.5 Å². The summed E-state index contributed by atoms with van der Waals surface area (Å²) in [6.07, 6.45) is 0. The summed E-state index contributed by atoms with van der Waals surface area (Å²) in [7, 11) is 0. The summed E-state index contributed by atoms with van der Waals surface area (Å²) in [5, 5.41) is 12.6. The van der Waals surface area contributed by atoms with Gasteiger partial charge in [0, 0.05) is 16.8 Å². The van der Waals surface area contributed by atoms with E-state index in [4.69, 9.17) is 22.6 Å². The van der Waals surface area contributed by atoms with E-state index in [2.05, 4.69) is 21.4 Å².